The maximum atomic E-state index is 11.6. The van der Waals surface area contributed by atoms with E-state index in [0.717, 1.165) is 18.8 Å². The van der Waals surface area contributed by atoms with Crippen LogP contribution in [0.25, 0.3) is 0 Å². The third kappa shape index (κ3) is 2.80. The summed E-state index contributed by atoms with van der Waals surface area (Å²) in [5.74, 6) is -0.168. The largest absolute Gasteiger partial charge is 0.374 e. The molecule has 16 heavy (non-hydrogen) atoms. The summed E-state index contributed by atoms with van der Waals surface area (Å²) in [6.45, 7) is 4.72. The number of hydrogen-bond donors (Lipinski definition) is 3. The Bertz CT molecular complexity index is 357. The Hall–Kier alpha value is -1.40. The Balaban J connectivity index is 1.79. The highest BCUT2D eigenvalue weighted by Gasteiger charge is 2.15. The average molecular weight is 224 g/mol. The molecule has 1 atom stereocenters. The molecule has 0 radical (unpaired) electrons. The van der Waals surface area contributed by atoms with Crippen molar-refractivity contribution in [3.63, 3.8) is 0 Å². The molecular weight excluding hydrogens is 208 g/mol. The van der Waals surface area contributed by atoms with Gasteiger partial charge in [-0.3, -0.25) is 9.89 Å². The normalized spacial score (nSPS) is 20.7. The molecule has 3 N–H and O–H groups in total. The summed E-state index contributed by atoms with van der Waals surface area (Å²) in [7, 11) is 0. The summed E-state index contributed by atoms with van der Waals surface area (Å²) in [5, 5.41) is 12.6. The minimum atomic E-state index is -0.168. The number of carbonyl (C=O) groups excluding carboxylic acids is 1. The molecule has 0 spiro atoms. The van der Waals surface area contributed by atoms with E-state index in [2.05, 4.69) is 20.8 Å². The highest BCUT2D eigenvalue weighted by molar-refractivity contribution is 5.92. The van der Waals surface area contributed by atoms with E-state index in [0.29, 0.717) is 18.8 Å². The Labute approximate surface area is 93.8 Å². The standard InChI is InChI=1S/C10H16N4O2/c1-7-4-9(14-13-7)10(15)12-6-8-5-11-2-3-16-8/h4,8,11H,2-3,5-6H2,1H3,(H,12,15)(H,13,14). The van der Waals surface area contributed by atoms with Crippen molar-refractivity contribution >= 4 is 5.91 Å². The summed E-state index contributed by atoms with van der Waals surface area (Å²) < 4.78 is 5.46. The van der Waals surface area contributed by atoms with Crippen molar-refractivity contribution in [1.82, 2.24) is 20.8 Å². The van der Waals surface area contributed by atoms with Gasteiger partial charge in [0.1, 0.15) is 5.69 Å². The molecule has 1 saturated heterocycles. The second-order valence-corrected chi connectivity index (χ2v) is 3.84. The Kier molecular flexibility index (Phi) is 3.53. The minimum Gasteiger partial charge on any atom is -0.374 e. The molecule has 1 aromatic rings. The lowest BCUT2D eigenvalue weighted by Crippen LogP contribution is -2.45. The molecule has 1 fully saturated rings. The van der Waals surface area contributed by atoms with Gasteiger partial charge in [0.25, 0.3) is 5.91 Å². The second kappa shape index (κ2) is 5.09. The number of hydrogen-bond acceptors (Lipinski definition) is 4. The number of aromatic nitrogens is 2. The molecule has 2 rings (SSSR count). The number of aromatic amines is 1. The van der Waals surface area contributed by atoms with E-state index < -0.39 is 0 Å². The van der Waals surface area contributed by atoms with Gasteiger partial charge >= 0.3 is 0 Å². The summed E-state index contributed by atoms with van der Waals surface area (Å²) in [6, 6.07) is 1.72. The predicted molar refractivity (Wildman–Crippen MR) is 58.3 cm³/mol. The third-order valence-electron chi connectivity index (χ3n) is 2.43. The monoisotopic (exact) mass is 224 g/mol. The fourth-order valence-electron chi connectivity index (χ4n) is 1.58. The molecule has 1 aliphatic heterocycles. The first-order valence-electron chi connectivity index (χ1n) is 5.38. The molecule has 0 aliphatic carbocycles. The van der Waals surface area contributed by atoms with Gasteiger partial charge in [-0.25, -0.2) is 0 Å². The number of carbonyl (C=O) groups is 1. The Morgan fingerprint density at radius 3 is 3.25 bits per heavy atom. The SMILES string of the molecule is Cc1cc(C(=O)NCC2CNCCO2)n[nH]1. The van der Waals surface area contributed by atoms with Crippen LogP contribution in [0.15, 0.2) is 6.07 Å². The van der Waals surface area contributed by atoms with Crippen LogP contribution in [0.4, 0.5) is 0 Å². The number of ether oxygens (including phenoxy) is 1. The summed E-state index contributed by atoms with van der Waals surface area (Å²) in [6.07, 6.45) is 0.0535. The van der Waals surface area contributed by atoms with E-state index in [9.17, 15) is 4.79 Å². The lowest BCUT2D eigenvalue weighted by Gasteiger charge is -2.23. The molecule has 2 heterocycles. The molecule has 6 heteroatoms. The van der Waals surface area contributed by atoms with Crippen LogP contribution in [0.2, 0.25) is 0 Å². The number of amides is 1. The number of aryl methyl sites for hydroxylation is 1. The van der Waals surface area contributed by atoms with Crippen molar-refractivity contribution in [2.24, 2.45) is 0 Å². The van der Waals surface area contributed by atoms with Crippen LogP contribution < -0.4 is 10.6 Å². The van der Waals surface area contributed by atoms with Crippen molar-refractivity contribution in [3.05, 3.63) is 17.5 Å². The minimum absolute atomic E-state index is 0.0535. The van der Waals surface area contributed by atoms with Gasteiger partial charge in [-0.05, 0) is 13.0 Å². The summed E-state index contributed by atoms with van der Waals surface area (Å²) in [5.41, 5.74) is 1.29. The fourth-order valence-corrected chi connectivity index (χ4v) is 1.58. The van der Waals surface area contributed by atoms with Crippen molar-refractivity contribution in [2.45, 2.75) is 13.0 Å². The van der Waals surface area contributed by atoms with Crippen molar-refractivity contribution < 1.29 is 9.53 Å². The van der Waals surface area contributed by atoms with Crippen LogP contribution in [0.3, 0.4) is 0 Å². The molecule has 6 nitrogen and oxygen atoms in total. The lowest BCUT2D eigenvalue weighted by molar-refractivity contribution is 0.0286. The molecule has 88 valence electrons. The van der Waals surface area contributed by atoms with Gasteiger partial charge < -0.3 is 15.4 Å². The van der Waals surface area contributed by atoms with E-state index in [1.54, 1.807) is 6.07 Å². The zero-order valence-corrected chi connectivity index (χ0v) is 9.25. The lowest BCUT2D eigenvalue weighted by atomic mass is 10.3. The van der Waals surface area contributed by atoms with Crippen molar-refractivity contribution in [2.75, 3.05) is 26.2 Å². The topological polar surface area (TPSA) is 79.0 Å². The van der Waals surface area contributed by atoms with Crippen molar-refractivity contribution in [1.29, 1.82) is 0 Å². The molecule has 0 aromatic carbocycles. The molecule has 1 aromatic heterocycles. The van der Waals surface area contributed by atoms with E-state index in [1.807, 2.05) is 6.92 Å². The quantitative estimate of drug-likeness (QED) is 0.643. The van der Waals surface area contributed by atoms with Gasteiger partial charge in [0, 0.05) is 25.3 Å². The smallest absolute Gasteiger partial charge is 0.271 e. The van der Waals surface area contributed by atoms with Crippen molar-refractivity contribution in [3.8, 4) is 0 Å². The molecule has 1 amide bonds. The van der Waals surface area contributed by atoms with E-state index in [1.165, 1.54) is 0 Å². The van der Waals surface area contributed by atoms with Crippen LogP contribution >= 0.6 is 0 Å². The Morgan fingerprint density at radius 2 is 2.62 bits per heavy atom. The number of rotatable bonds is 3. The zero-order valence-electron chi connectivity index (χ0n) is 9.25. The van der Waals surface area contributed by atoms with Crippen LogP contribution in [0, 0.1) is 6.92 Å². The molecule has 0 saturated carbocycles. The van der Waals surface area contributed by atoms with Crippen LogP contribution in [0.1, 0.15) is 16.2 Å². The summed E-state index contributed by atoms with van der Waals surface area (Å²) >= 11 is 0. The van der Waals surface area contributed by atoms with Gasteiger partial charge in [0.15, 0.2) is 0 Å². The fraction of sp³-hybridized carbons (Fsp3) is 0.600. The number of H-pyrrole nitrogens is 1. The highest BCUT2D eigenvalue weighted by atomic mass is 16.5. The van der Waals surface area contributed by atoms with Crippen LogP contribution in [-0.4, -0.2) is 48.4 Å². The average Bonchev–Trinajstić information content (AvgIpc) is 2.74. The first kappa shape index (κ1) is 11.1. The molecule has 0 bridgehead atoms. The maximum Gasteiger partial charge on any atom is 0.271 e. The first-order valence-corrected chi connectivity index (χ1v) is 5.38. The van der Waals surface area contributed by atoms with Crippen LogP contribution in [-0.2, 0) is 4.74 Å². The Morgan fingerprint density at radius 1 is 1.75 bits per heavy atom. The molecule has 1 unspecified atom stereocenters. The van der Waals surface area contributed by atoms with Gasteiger partial charge in [0.05, 0.1) is 12.7 Å². The maximum absolute atomic E-state index is 11.6. The zero-order chi connectivity index (χ0) is 11.4. The van der Waals surface area contributed by atoms with Crippen LogP contribution in [0.5, 0.6) is 0 Å². The molecular formula is C10H16N4O2. The van der Waals surface area contributed by atoms with Gasteiger partial charge in [-0.15, -0.1) is 0 Å². The van der Waals surface area contributed by atoms with Gasteiger partial charge in [0.2, 0.25) is 0 Å². The van der Waals surface area contributed by atoms with Gasteiger partial charge in [-0.2, -0.15) is 5.10 Å². The third-order valence-corrected chi connectivity index (χ3v) is 2.43. The van der Waals surface area contributed by atoms with E-state index >= 15 is 0 Å². The summed E-state index contributed by atoms with van der Waals surface area (Å²) in [4.78, 5) is 11.6. The van der Waals surface area contributed by atoms with E-state index in [4.69, 9.17) is 4.74 Å². The van der Waals surface area contributed by atoms with E-state index in [-0.39, 0.29) is 12.0 Å². The number of nitrogens with zero attached hydrogens (tertiary/aromatic N) is 1. The first-order chi connectivity index (χ1) is 7.75. The highest BCUT2D eigenvalue weighted by Crippen LogP contribution is 1.98. The second-order valence-electron chi connectivity index (χ2n) is 3.84. The number of morpholine rings is 1. The van der Waals surface area contributed by atoms with Gasteiger partial charge in [-0.1, -0.05) is 0 Å². The number of nitrogens with one attached hydrogen (secondary N) is 3. The molecule has 1 aliphatic rings. The predicted octanol–water partition coefficient (Wildman–Crippen LogP) is -0.564.